The molecule has 1 heterocycles. The maximum Gasteiger partial charge on any atom is 0.309 e. The van der Waals surface area contributed by atoms with Crippen molar-refractivity contribution >= 4 is 39.8 Å². The summed E-state index contributed by atoms with van der Waals surface area (Å²) in [5, 5.41) is 21.4. The first-order valence-corrected chi connectivity index (χ1v) is 16.6. The van der Waals surface area contributed by atoms with Gasteiger partial charge in [-0.15, -0.1) is 0 Å². The number of rotatable bonds is 12. The third-order valence-electron chi connectivity index (χ3n) is 7.95. The molecule has 45 heavy (non-hydrogen) atoms. The Labute approximate surface area is 276 Å². The Morgan fingerprint density at radius 3 is 2.24 bits per heavy atom. The Balaban J connectivity index is 3.19. The van der Waals surface area contributed by atoms with Crippen LogP contribution in [0.2, 0.25) is 0 Å². The number of allylic oxidation sites excluding steroid dienone is 3. The van der Waals surface area contributed by atoms with Gasteiger partial charge in [-0.1, -0.05) is 67.9 Å². The molecule has 0 bridgehead atoms. The molecular formula is C34H53BrO10. The van der Waals surface area contributed by atoms with E-state index >= 15 is 0 Å². The number of halogens is 1. The first kappa shape index (κ1) is 40.5. The van der Waals surface area contributed by atoms with Crippen LogP contribution in [0.15, 0.2) is 36.0 Å². The number of esters is 4. The van der Waals surface area contributed by atoms with Crippen molar-refractivity contribution in [2.75, 3.05) is 0 Å². The van der Waals surface area contributed by atoms with Crippen LogP contribution in [0.1, 0.15) is 94.4 Å². The van der Waals surface area contributed by atoms with Crippen LogP contribution in [0, 0.1) is 17.8 Å². The Hall–Kier alpha value is -2.50. The number of aliphatic hydroxyl groups is 2. The average molecular weight is 702 g/mol. The third kappa shape index (κ3) is 14.6. The summed E-state index contributed by atoms with van der Waals surface area (Å²) in [7, 11) is 0. The molecule has 10 nitrogen and oxygen atoms in total. The second kappa shape index (κ2) is 19.2. The van der Waals surface area contributed by atoms with Gasteiger partial charge < -0.3 is 29.2 Å². The summed E-state index contributed by atoms with van der Waals surface area (Å²) in [6, 6.07) is 0. The molecule has 2 N–H and O–H groups in total. The predicted molar refractivity (Wildman–Crippen MR) is 174 cm³/mol. The number of ether oxygens (including phenoxy) is 4. The summed E-state index contributed by atoms with van der Waals surface area (Å²) in [6.07, 6.45) is 6.67. The van der Waals surface area contributed by atoms with Gasteiger partial charge in [-0.3, -0.25) is 19.2 Å². The van der Waals surface area contributed by atoms with Crippen molar-refractivity contribution in [2.24, 2.45) is 17.8 Å². The highest BCUT2D eigenvalue weighted by molar-refractivity contribution is 9.09. The number of carbonyl (C=O) groups excluding carboxylic acids is 4. The predicted octanol–water partition coefficient (Wildman–Crippen LogP) is 5.52. The van der Waals surface area contributed by atoms with Gasteiger partial charge >= 0.3 is 23.9 Å². The summed E-state index contributed by atoms with van der Waals surface area (Å²) in [6.45, 7) is 15.1. The average Bonchev–Trinajstić information content (AvgIpc) is 2.93. The smallest absolute Gasteiger partial charge is 0.309 e. The van der Waals surface area contributed by atoms with Crippen LogP contribution in [-0.4, -0.2) is 75.0 Å². The van der Waals surface area contributed by atoms with E-state index in [1.54, 1.807) is 12.2 Å². The van der Waals surface area contributed by atoms with E-state index in [9.17, 15) is 29.4 Å². The van der Waals surface area contributed by atoms with Gasteiger partial charge in [0.2, 0.25) is 0 Å². The molecule has 0 saturated carbocycles. The minimum atomic E-state index is -1.45. The van der Waals surface area contributed by atoms with Crippen LogP contribution in [0.25, 0.3) is 0 Å². The monoisotopic (exact) mass is 700 g/mol. The molecule has 0 saturated heterocycles. The molecule has 10 atom stereocenters. The van der Waals surface area contributed by atoms with Crippen molar-refractivity contribution in [2.45, 2.75) is 135 Å². The van der Waals surface area contributed by atoms with Crippen LogP contribution in [0.3, 0.4) is 0 Å². The highest BCUT2D eigenvalue weighted by Gasteiger charge is 2.36. The summed E-state index contributed by atoms with van der Waals surface area (Å²) < 4.78 is 22.3. The molecule has 1 aliphatic heterocycles. The Bertz CT molecular complexity index is 1080. The minimum Gasteiger partial charge on any atom is -0.462 e. The number of carbonyl (C=O) groups is 4. The quantitative estimate of drug-likeness (QED) is 0.0877. The van der Waals surface area contributed by atoms with Crippen LogP contribution < -0.4 is 0 Å². The van der Waals surface area contributed by atoms with Crippen LogP contribution in [0.4, 0.5) is 0 Å². The van der Waals surface area contributed by atoms with E-state index in [4.69, 9.17) is 18.9 Å². The Kier molecular flexibility index (Phi) is 17.3. The maximum atomic E-state index is 12.7. The third-order valence-corrected chi connectivity index (χ3v) is 9.37. The van der Waals surface area contributed by atoms with E-state index in [1.165, 1.54) is 27.7 Å². The van der Waals surface area contributed by atoms with Gasteiger partial charge in [0.05, 0.1) is 17.4 Å². The van der Waals surface area contributed by atoms with Gasteiger partial charge in [0.1, 0.15) is 30.0 Å². The summed E-state index contributed by atoms with van der Waals surface area (Å²) in [4.78, 5) is 47.7. The van der Waals surface area contributed by atoms with Crippen molar-refractivity contribution in [1.82, 2.24) is 0 Å². The zero-order valence-corrected chi connectivity index (χ0v) is 29.7. The molecule has 10 unspecified atom stereocenters. The topological polar surface area (TPSA) is 146 Å². The summed E-state index contributed by atoms with van der Waals surface area (Å²) in [5.74, 6) is -2.36. The van der Waals surface area contributed by atoms with Crippen molar-refractivity contribution in [3.63, 3.8) is 0 Å². The molecule has 11 heteroatoms. The normalized spacial score (nSPS) is 29.2. The van der Waals surface area contributed by atoms with Gasteiger partial charge in [-0.2, -0.15) is 0 Å². The number of cyclic esters (lactones) is 1. The number of aliphatic hydroxyl groups excluding tert-OH is 1. The van der Waals surface area contributed by atoms with Gasteiger partial charge in [-0.05, 0) is 57.1 Å². The summed E-state index contributed by atoms with van der Waals surface area (Å²) >= 11 is 3.70. The molecule has 1 rings (SSSR count). The lowest BCUT2D eigenvalue weighted by Gasteiger charge is -2.32. The fraction of sp³-hybridized carbons (Fsp3) is 0.706. The molecule has 0 amide bonds. The lowest BCUT2D eigenvalue weighted by Crippen LogP contribution is -2.42. The van der Waals surface area contributed by atoms with Gasteiger partial charge in [0.15, 0.2) is 0 Å². The highest BCUT2D eigenvalue weighted by atomic mass is 79.9. The maximum absolute atomic E-state index is 12.7. The molecule has 256 valence electrons. The van der Waals surface area contributed by atoms with E-state index in [1.807, 2.05) is 52.8 Å². The van der Waals surface area contributed by atoms with Crippen molar-refractivity contribution in [3.05, 3.63) is 36.0 Å². The van der Waals surface area contributed by atoms with E-state index in [0.29, 0.717) is 12.8 Å². The molecule has 0 aromatic heterocycles. The largest absolute Gasteiger partial charge is 0.462 e. The zero-order chi connectivity index (χ0) is 34.5. The van der Waals surface area contributed by atoms with Crippen LogP contribution in [-0.2, 0) is 38.1 Å². The zero-order valence-electron chi connectivity index (χ0n) is 28.2. The van der Waals surface area contributed by atoms with Crippen molar-refractivity contribution in [1.29, 1.82) is 0 Å². The fourth-order valence-corrected chi connectivity index (χ4v) is 6.01. The second-order valence-corrected chi connectivity index (χ2v) is 13.5. The first-order valence-electron chi connectivity index (χ1n) is 15.7. The van der Waals surface area contributed by atoms with Crippen LogP contribution >= 0.6 is 15.9 Å². The summed E-state index contributed by atoms with van der Waals surface area (Å²) in [5.41, 5.74) is -0.707. The number of hydrogen-bond acceptors (Lipinski definition) is 10. The van der Waals surface area contributed by atoms with E-state index in [0.717, 1.165) is 5.57 Å². The van der Waals surface area contributed by atoms with Gasteiger partial charge in [0.25, 0.3) is 0 Å². The number of alkyl halides is 1. The molecule has 0 spiro atoms. The highest BCUT2D eigenvalue weighted by Crippen LogP contribution is 2.30. The van der Waals surface area contributed by atoms with Crippen molar-refractivity contribution in [3.8, 4) is 0 Å². The Morgan fingerprint density at radius 2 is 1.69 bits per heavy atom. The Morgan fingerprint density at radius 1 is 1.09 bits per heavy atom. The van der Waals surface area contributed by atoms with Crippen molar-refractivity contribution < 1.29 is 48.3 Å². The van der Waals surface area contributed by atoms with Crippen LogP contribution in [0.5, 0.6) is 0 Å². The molecule has 0 aliphatic carbocycles. The molecule has 0 aromatic rings. The molecular weight excluding hydrogens is 648 g/mol. The molecule has 0 radical (unpaired) electrons. The van der Waals surface area contributed by atoms with Gasteiger partial charge in [-0.25, -0.2) is 0 Å². The van der Waals surface area contributed by atoms with E-state index in [-0.39, 0.29) is 53.9 Å². The van der Waals surface area contributed by atoms with E-state index < -0.39 is 47.9 Å². The molecule has 0 fully saturated rings. The lowest BCUT2D eigenvalue weighted by atomic mass is 9.88. The number of hydrogen-bond donors (Lipinski definition) is 2. The van der Waals surface area contributed by atoms with Gasteiger partial charge in [0, 0.05) is 32.6 Å². The molecule has 1 aliphatic rings. The lowest BCUT2D eigenvalue weighted by molar-refractivity contribution is -0.157. The second-order valence-electron chi connectivity index (χ2n) is 12.5. The molecule has 0 aromatic carbocycles. The fourth-order valence-electron chi connectivity index (χ4n) is 5.34. The first-order chi connectivity index (χ1) is 20.9. The minimum absolute atomic E-state index is 0.0162. The van der Waals surface area contributed by atoms with E-state index in [2.05, 4.69) is 15.9 Å². The SMILES string of the molecule is CCC(OC(C)=O)C(C)C(Br)C(CC(C)/C=C/C=C(\C)C1OC(=O)CC(O)CCC(C)(O)C(OC(C)=O)/C=C/C1C)OC(C)=O. The standard InChI is InChI=1S/C34H53BrO10/c1-10-28(42-24(6)36)23(5)32(35)29(43-25(7)37)18-20(2)12-11-13-21(3)33-22(4)14-15-30(44-26(8)38)34(9,41)17-16-27(39)19-31(40)45-33/h11-15,20,22-23,27-30,32-33,39,41H,10,16-19H2,1-9H3/b12-11+,15-14+,21-13+.